The summed E-state index contributed by atoms with van der Waals surface area (Å²) in [4.78, 5) is 65.0. The third kappa shape index (κ3) is 7.22. The number of nitro groups is 1. The van der Waals surface area contributed by atoms with Crippen LogP contribution in [0, 0.1) is 28.9 Å². The molecule has 0 radical (unpaired) electrons. The molecule has 0 saturated carbocycles. The van der Waals surface area contributed by atoms with Crippen molar-refractivity contribution in [2.75, 3.05) is 0 Å². The summed E-state index contributed by atoms with van der Waals surface area (Å²) >= 11 is 0. The Morgan fingerprint density at radius 3 is 2.08 bits per heavy atom. The second kappa shape index (κ2) is 14.4. The van der Waals surface area contributed by atoms with E-state index in [1.165, 1.54) is 28.9 Å². The Morgan fingerprint density at radius 1 is 0.942 bits per heavy atom. The van der Waals surface area contributed by atoms with Crippen LogP contribution in [0.3, 0.4) is 0 Å². The van der Waals surface area contributed by atoms with Crippen LogP contribution in [0.15, 0.2) is 96.4 Å². The predicted octanol–water partition coefficient (Wildman–Crippen LogP) is 3.75. The Balaban J connectivity index is 1.32. The summed E-state index contributed by atoms with van der Waals surface area (Å²) in [6.45, 7) is 4.60. The van der Waals surface area contributed by atoms with Crippen LogP contribution in [0.2, 0.25) is 0 Å². The zero-order chi connectivity index (χ0) is 37.2. The van der Waals surface area contributed by atoms with Crippen LogP contribution in [0.1, 0.15) is 30.0 Å². The van der Waals surface area contributed by atoms with Gasteiger partial charge in [0.15, 0.2) is 5.70 Å². The van der Waals surface area contributed by atoms with E-state index in [2.05, 4.69) is 20.8 Å². The molecular weight excluding hydrogens is 701 g/mol. The van der Waals surface area contributed by atoms with E-state index in [-0.39, 0.29) is 35.1 Å². The molecule has 2 unspecified atom stereocenters. The first kappa shape index (κ1) is 35.4. The summed E-state index contributed by atoms with van der Waals surface area (Å²) in [5.41, 5.74) is -1.03. The number of hydrogen-bond donors (Lipinski definition) is 1. The number of esters is 2. The molecule has 2 aliphatic rings. The molecule has 52 heavy (non-hydrogen) atoms. The number of aromatic nitrogens is 4. The molecule has 2 aliphatic heterocycles. The molecule has 268 valence electrons. The number of nitrogens with zero attached hydrogens (tertiary/aromatic N) is 6. The predicted molar refractivity (Wildman–Crippen MR) is 177 cm³/mol. The number of nitro benzene ring substituents is 1. The molecule has 1 saturated heterocycles. The molecule has 19 heteroatoms. The Hall–Kier alpha value is -6.42. The Kier molecular flexibility index (Phi) is 9.83. The fourth-order valence-electron chi connectivity index (χ4n) is 5.88. The Labute approximate surface area is 295 Å². The van der Waals surface area contributed by atoms with Crippen molar-refractivity contribution >= 4 is 37.3 Å². The average molecular weight is 732 g/mol. The molecule has 0 spiro atoms. The fourth-order valence-corrected chi connectivity index (χ4v) is 7.24. The lowest BCUT2D eigenvalue weighted by Crippen LogP contribution is -2.66. The van der Waals surface area contributed by atoms with Crippen molar-refractivity contribution in [3.8, 4) is 11.5 Å². The van der Waals surface area contributed by atoms with E-state index in [0.717, 1.165) is 29.2 Å². The molecule has 3 heterocycles. The zero-order valence-electron chi connectivity index (χ0n) is 27.7. The molecule has 4 aromatic rings. The van der Waals surface area contributed by atoms with Gasteiger partial charge in [0, 0.05) is 24.1 Å². The molecule has 3 aromatic carbocycles. The highest BCUT2D eigenvalue weighted by Gasteiger charge is 2.62. The van der Waals surface area contributed by atoms with Gasteiger partial charge in [-0.1, -0.05) is 43.3 Å². The van der Waals surface area contributed by atoms with E-state index in [1.807, 2.05) is 0 Å². The van der Waals surface area contributed by atoms with Crippen molar-refractivity contribution < 1.29 is 47.0 Å². The smallest absolute Gasteiger partial charge is 0.388 e. The van der Waals surface area contributed by atoms with Crippen LogP contribution in [0.4, 0.5) is 5.69 Å². The third-order valence-corrected chi connectivity index (χ3v) is 9.63. The van der Waals surface area contributed by atoms with Gasteiger partial charge >= 0.3 is 19.8 Å². The number of phosphoric acid groups is 1. The standard InChI is InChI=1S/C33H30N7O11P/c1-19-28-27(20(2)34-26(41)18-38-21(3)35-36-37-38)31(42)39(28)29(33(44)48-32(43)22-14-16-23(17-15-22)40(45)46)30(19)51-52(47,49-24-10-6-4-7-11-24)50-25-12-8-5-9-13-25/h4-17,19-20,27-28H,18H2,1-3H3,(H,34,41)/t19-,20-,27?,28?/m1/s1. The summed E-state index contributed by atoms with van der Waals surface area (Å²) < 4.78 is 38.4. The third-order valence-electron chi connectivity index (χ3n) is 8.34. The number of rotatable bonds is 13. The molecule has 1 N–H and O–H groups in total. The van der Waals surface area contributed by atoms with Crippen molar-refractivity contribution in [3.05, 3.63) is 118 Å². The number of fused-ring (bicyclic) bond motifs is 1. The lowest BCUT2D eigenvalue weighted by Gasteiger charge is -2.47. The zero-order valence-corrected chi connectivity index (χ0v) is 28.6. The van der Waals surface area contributed by atoms with Gasteiger partial charge in [0.1, 0.15) is 29.6 Å². The maximum absolute atomic E-state index is 14.5. The maximum atomic E-state index is 14.5. The number of benzene rings is 3. The van der Waals surface area contributed by atoms with Gasteiger partial charge in [0.25, 0.3) is 5.69 Å². The summed E-state index contributed by atoms with van der Waals surface area (Å²) in [6.07, 6.45) is 0. The van der Waals surface area contributed by atoms with Gasteiger partial charge in [-0.2, -0.15) is 4.57 Å². The second-order valence-corrected chi connectivity index (χ2v) is 13.2. The highest BCUT2D eigenvalue weighted by Crippen LogP contribution is 2.57. The average Bonchev–Trinajstić information content (AvgIpc) is 3.62. The van der Waals surface area contributed by atoms with Crippen LogP contribution in [-0.4, -0.2) is 65.9 Å². The minimum Gasteiger partial charge on any atom is -0.388 e. The van der Waals surface area contributed by atoms with Crippen molar-refractivity contribution in [2.45, 2.75) is 39.4 Å². The second-order valence-electron chi connectivity index (χ2n) is 11.8. The van der Waals surface area contributed by atoms with E-state index in [1.54, 1.807) is 57.2 Å². The maximum Gasteiger partial charge on any atom is 0.646 e. The Morgan fingerprint density at radius 2 is 1.54 bits per heavy atom. The van der Waals surface area contributed by atoms with Crippen LogP contribution in [-0.2, 0) is 34.8 Å². The highest BCUT2D eigenvalue weighted by atomic mass is 31.2. The van der Waals surface area contributed by atoms with E-state index in [9.17, 15) is 33.9 Å². The number of tetrazole rings is 1. The highest BCUT2D eigenvalue weighted by molar-refractivity contribution is 7.49. The fraction of sp³-hybridized carbons (Fsp3) is 0.242. The molecule has 0 bridgehead atoms. The molecule has 0 aliphatic carbocycles. The molecule has 1 aromatic heterocycles. The van der Waals surface area contributed by atoms with E-state index in [4.69, 9.17) is 18.3 Å². The number of phosphoric ester groups is 1. The van der Waals surface area contributed by atoms with E-state index >= 15 is 0 Å². The SMILES string of the molecule is Cc1nnnn1CC(=O)N[C@H](C)C1C(=O)N2C(C(=O)OC(=O)c3ccc([N+](=O)[O-])cc3)=C(OP(=O)(Oc3ccccc3)Oc3ccccc3)[C@H](C)C12. The van der Waals surface area contributed by atoms with Gasteiger partial charge in [-0.15, -0.1) is 5.10 Å². The monoisotopic (exact) mass is 731 g/mol. The number of carbonyl (C=O) groups is 4. The lowest BCUT2D eigenvalue weighted by atomic mass is 9.77. The lowest BCUT2D eigenvalue weighted by molar-refractivity contribution is -0.384. The minimum absolute atomic E-state index is 0.0943. The largest absolute Gasteiger partial charge is 0.646 e. The quantitative estimate of drug-likeness (QED) is 0.0517. The number of hydrogen-bond acceptors (Lipinski definition) is 14. The number of aryl methyl sites for hydroxylation is 1. The molecule has 18 nitrogen and oxygen atoms in total. The van der Waals surface area contributed by atoms with Gasteiger partial charge in [0.2, 0.25) is 11.8 Å². The van der Waals surface area contributed by atoms with Gasteiger partial charge in [0.05, 0.1) is 22.4 Å². The first-order valence-corrected chi connectivity index (χ1v) is 17.2. The van der Waals surface area contributed by atoms with Crippen LogP contribution in [0.5, 0.6) is 11.5 Å². The number of para-hydroxylation sites is 2. The molecule has 4 atom stereocenters. The first-order chi connectivity index (χ1) is 24.8. The van der Waals surface area contributed by atoms with E-state index < -0.39 is 66.1 Å². The number of ether oxygens (including phenoxy) is 1. The minimum atomic E-state index is -4.73. The number of amides is 2. The number of nitrogens with one attached hydrogen (secondary N) is 1. The van der Waals surface area contributed by atoms with Crippen molar-refractivity contribution in [1.82, 2.24) is 30.4 Å². The summed E-state index contributed by atoms with van der Waals surface area (Å²) in [6, 6.07) is 18.6. The molecule has 1 fully saturated rings. The summed E-state index contributed by atoms with van der Waals surface area (Å²) in [5, 5.41) is 24.8. The Bertz CT molecular complexity index is 2060. The number of β-lactam (4-membered cyclic amide) rings is 1. The molecule has 2 amide bonds. The van der Waals surface area contributed by atoms with Gasteiger partial charge in [-0.3, -0.25) is 24.6 Å². The van der Waals surface area contributed by atoms with Crippen LogP contribution in [0.25, 0.3) is 0 Å². The van der Waals surface area contributed by atoms with Gasteiger partial charge < -0.3 is 23.6 Å². The molecular formula is C33H30N7O11P. The molecule has 6 rings (SSSR count). The van der Waals surface area contributed by atoms with Crippen molar-refractivity contribution in [2.24, 2.45) is 11.8 Å². The van der Waals surface area contributed by atoms with Gasteiger partial charge in [-0.05, 0) is 60.7 Å². The number of non-ortho nitro benzene ring substituents is 1. The summed E-state index contributed by atoms with van der Waals surface area (Å²) in [7, 11) is -4.73. The van der Waals surface area contributed by atoms with Gasteiger partial charge in [-0.25, -0.2) is 14.3 Å². The van der Waals surface area contributed by atoms with Crippen LogP contribution >= 0.6 is 7.82 Å². The van der Waals surface area contributed by atoms with Crippen LogP contribution < -0.4 is 14.4 Å². The van der Waals surface area contributed by atoms with Crippen molar-refractivity contribution in [3.63, 3.8) is 0 Å². The normalized spacial score (nSPS) is 18.5. The topological polar surface area (TPSA) is 224 Å². The summed E-state index contributed by atoms with van der Waals surface area (Å²) in [5.74, 6) is -5.18. The van der Waals surface area contributed by atoms with Crippen molar-refractivity contribution in [1.29, 1.82) is 0 Å². The first-order valence-electron chi connectivity index (χ1n) is 15.7. The number of carbonyl (C=O) groups excluding carboxylic acids is 4. The van der Waals surface area contributed by atoms with E-state index in [0.29, 0.717) is 5.82 Å².